The van der Waals surface area contributed by atoms with Crippen LogP contribution in [-0.2, 0) is 9.59 Å². The van der Waals surface area contributed by atoms with Crippen molar-refractivity contribution in [2.75, 3.05) is 0 Å². The molecule has 0 amide bonds. The summed E-state index contributed by atoms with van der Waals surface area (Å²) in [5.74, 6) is 0.303. The Balaban J connectivity index is 3.25. The summed E-state index contributed by atoms with van der Waals surface area (Å²) >= 11 is 0. The Labute approximate surface area is 101 Å². The molecule has 1 aromatic carbocycles. The zero-order valence-electron chi connectivity index (χ0n) is 10.7. The molecule has 0 atom stereocenters. The van der Waals surface area contributed by atoms with E-state index in [0.29, 0.717) is 11.5 Å². The molecule has 92 valence electrons. The molecule has 0 spiro atoms. The van der Waals surface area contributed by atoms with Gasteiger partial charge in [0, 0.05) is 13.8 Å². The average Bonchev–Trinajstić information content (AvgIpc) is 2.20. The van der Waals surface area contributed by atoms with Gasteiger partial charge in [0.05, 0.1) is 0 Å². The first-order chi connectivity index (χ1) is 7.82. The lowest BCUT2D eigenvalue weighted by atomic mass is 10.0. The molecule has 0 aliphatic carbocycles. The van der Waals surface area contributed by atoms with E-state index in [-0.39, 0.29) is 11.9 Å². The number of aryl methyl sites for hydroxylation is 1. The van der Waals surface area contributed by atoms with Crippen molar-refractivity contribution < 1.29 is 19.1 Å². The summed E-state index contributed by atoms with van der Waals surface area (Å²) in [7, 11) is 0. The third-order valence-corrected chi connectivity index (χ3v) is 2.48. The molecule has 0 bridgehead atoms. The van der Waals surface area contributed by atoms with E-state index >= 15 is 0 Å². The summed E-state index contributed by atoms with van der Waals surface area (Å²) in [6, 6.07) is 1.70. The fourth-order valence-electron chi connectivity index (χ4n) is 1.58. The van der Waals surface area contributed by atoms with Crippen LogP contribution in [0.1, 0.15) is 30.5 Å². The molecule has 4 nitrogen and oxygen atoms in total. The quantitative estimate of drug-likeness (QED) is 0.584. The van der Waals surface area contributed by atoms with Gasteiger partial charge in [0.15, 0.2) is 0 Å². The molecule has 0 saturated heterocycles. The van der Waals surface area contributed by atoms with Crippen molar-refractivity contribution in [3.8, 4) is 11.5 Å². The minimum Gasteiger partial charge on any atom is -0.426 e. The monoisotopic (exact) mass is 236 g/mol. The highest BCUT2D eigenvalue weighted by Crippen LogP contribution is 2.33. The minimum atomic E-state index is -0.368. The fourth-order valence-corrected chi connectivity index (χ4v) is 1.58. The Morgan fingerprint density at radius 1 is 0.941 bits per heavy atom. The van der Waals surface area contributed by atoms with E-state index in [1.54, 1.807) is 13.0 Å². The molecule has 0 aromatic heterocycles. The molecule has 4 heteroatoms. The topological polar surface area (TPSA) is 52.6 Å². The van der Waals surface area contributed by atoms with Gasteiger partial charge in [-0.1, -0.05) is 0 Å². The molecule has 0 saturated carbocycles. The van der Waals surface area contributed by atoms with Gasteiger partial charge in [-0.05, 0) is 43.5 Å². The number of rotatable bonds is 2. The van der Waals surface area contributed by atoms with Crippen LogP contribution in [0.2, 0.25) is 0 Å². The first kappa shape index (κ1) is 13.2. The molecule has 0 aliphatic rings. The number of carbonyl (C=O) groups is 2. The molecule has 0 N–H and O–H groups in total. The maximum absolute atomic E-state index is 11.0. The first-order valence-corrected chi connectivity index (χ1v) is 5.30. The van der Waals surface area contributed by atoms with Gasteiger partial charge in [0.25, 0.3) is 0 Å². The van der Waals surface area contributed by atoms with Gasteiger partial charge in [-0.3, -0.25) is 9.59 Å². The number of carbonyl (C=O) groups excluding carboxylic acids is 2. The highest BCUT2D eigenvalue weighted by molar-refractivity contribution is 5.73. The van der Waals surface area contributed by atoms with Gasteiger partial charge >= 0.3 is 11.9 Å². The van der Waals surface area contributed by atoms with Crippen molar-refractivity contribution in [3.05, 3.63) is 22.8 Å². The summed E-state index contributed by atoms with van der Waals surface area (Å²) in [4.78, 5) is 21.9. The molecule has 1 aromatic rings. The van der Waals surface area contributed by atoms with E-state index in [4.69, 9.17) is 9.47 Å². The van der Waals surface area contributed by atoms with Crippen molar-refractivity contribution >= 4 is 11.9 Å². The van der Waals surface area contributed by atoms with Crippen LogP contribution in [0, 0.1) is 20.8 Å². The first-order valence-electron chi connectivity index (χ1n) is 5.30. The highest BCUT2D eigenvalue weighted by Gasteiger charge is 2.14. The van der Waals surface area contributed by atoms with Gasteiger partial charge in [0.1, 0.15) is 11.5 Å². The van der Waals surface area contributed by atoms with Gasteiger partial charge < -0.3 is 9.47 Å². The second-order valence-electron chi connectivity index (χ2n) is 3.96. The van der Waals surface area contributed by atoms with Crippen molar-refractivity contribution in [1.29, 1.82) is 0 Å². The maximum atomic E-state index is 11.0. The summed E-state index contributed by atoms with van der Waals surface area (Å²) in [5, 5.41) is 0. The molecule has 0 heterocycles. The molecule has 0 radical (unpaired) electrons. The zero-order valence-corrected chi connectivity index (χ0v) is 10.7. The third kappa shape index (κ3) is 3.06. The van der Waals surface area contributed by atoms with Crippen LogP contribution < -0.4 is 9.47 Å². The van der Waals surface area contributed by atoms with Gasteiger partial charge in [-0.2, -0.15) is 0 Å². The SMILES string of the molecule is CC(=O)Oc1cc(C)c(OC(C)=O)c(C)c1C. The largest absolute Gasteiger partial charge is 0.426 e. The van der Waals surface area contributed by atoms with Crippen LogP contribution in [0.25, 0.3) is 0 Å². The average molecular weight is 236 g/mol. The molecule has 1 rings (SSSR count). The standard InChI is InChI=1S/C13H16O4/c1-7-6-12(16-10(4)14)8(2)9(3)13(7)17-11(5)15/h6H,1-5H3. The summed E-state index contributed by atoms with van der Waals surface area (Å²) in [5.41, 5.74) is 2.36. The molecule has 17 heavy (non-hydrogen) atoms. The molecule has 0 fully saturated rings. The van der Waals surface area contributed by atoms with Crippen molar-refractivity contribution in [1.82, 2.24) is 0 Å². The maximum Gasteiger partial charge on any atom is 0.308 e. The second kappa shape index (κ2) is 4.99. The Hall–Kier alpha value is -1.84. The van der Waals surface area contributed by atoms with Crippen LogP contribution in [0.5, 0.6) is 11.5 Å². The van der Waals surface area contributed by atoms with E-state index in [1.165, 1.54) is 13.8 Å². The predicted octanol–water partition coefficient (Wildman–Crippen LogP) is 2.46. The van der Waals surface area contributed by atoms with Crippen molar-refractivity contribution in [2.24, 2.45) is 0 Å². The molecular weight excluding hydrogens is 220 g/mol. The van der Waals surface area contributed by atoms with E-state index in [0.717, 1.165) is 16.7 Å². The van der Waals surface area contributed by atoms with Gasteiger partial charge in [-0.25, -0.2) is 0 Å². The van der Waals surface area contributed by atoms with Crippen LogP contribution in [0.3, 0.4) is 0 Å². The summed E-state index contributed by atoms with van der Waals surface area (Å²) in [6.07, 6.45) is 0. The van der Waals surface area contributed by atoms with Crippen LogP contribution in [0.15, 0.2) is 6.07 Å². The van der Waals surface area contributed by atoms with Crippen LogP contribution in [-0.4, -0.2) is 11.9 Å². The fraction of sp³-hybridized carbons (Fsp3) is 0.385. The van der Waals surface area contributed by atoms with E-state index in [2.05, 4.69) is 0 Å². The Bertz CT molecular complexity index is 475. The van der Waals surface area contributed by atoms with E-state index < -0.39 is 0 Å². The van der Waals surface area contributed by atoms with Crippen molar-refractivity contribution in [2.45, 2.75) is 34.6 Å². The Morgan fingerprint density at radius 2 is 1.47 bits per heavy atom. The minimum absolute atomic E-state index is 0.365. The van der Waals surface area contributed by atoms with E-state index in [9.17, 15) is 9.59 Å². The Morgan fingerprint density at radius 3 is 1.94 bits per heavy atom. The molecular formula is C13H16O4. The lowest BCUT2D eigenvalue weighted by Gasteiger charge is -2.15. The molecule has 0 unspecified atom stereocenters. The summed E-state index contributed by atoms with van der Waals surface area (Å²) < 4.78 is 10.2. The lowest BCUT2D eigenvalue weighted by Crippen LogP contribution is -2.08. The lowest BCUT2D eigenvalue weighted by molar-refractivity contribution is -0.133. The van der Waals surface area contributed by atoms with E-state index in [1.807, 2.05) is 13.8 Å². The number of hydrogen-bond donors (Lipinski definition) is 0. The van der Waals surface area contributed by atoms with Crippen molar-refractivity contribution in [3.63, 3.8) is 0 Å². The van der Waals surface area contributed by atoms with Gasteiger partial charge in [0.2, 0.25) is 0 Å². The Kier molecular flexibility index (Phi) is 3.89. The number of hydrogen-bond acceptors (Lipinski definition) is 4. The smallest absolute Gasteiger partial charge is 0.308 e. The van der Waals surface area contributed by atoms with Crippen LogP contribution in [0.4, 0.5) is 0 Å². The summed E-state index contributed by atoms with van der Waals surface area (Å²) in [6.45, 7) is 8.16. The number of ether oxygens (including phenoxy) is 2. The highest BCUT2D eigenvalue weighted by atomic mass is 16.5. The predicted molar refractivity (Wildman–Crippen MR) is 63.3 cm³/mol. The third-order valence-electron chi connectivity index (χ3n) is 2.48. The number of esters is 2. The normalized spacial score (nSPS) is 9.94. The second-order valence-corrected chi connectivity index (χ2v) is 3.96. The van der Waals surface area contributed by atoms with Gasteiger partial charge in [-0.15, -0.1) is 0 Å². The van der Waals surface area contributed by atoms with Crippen LogP contribution >= 0.6 is 0 Å². The molecule has 0 aliphatic heterocycles. The zero-order chi connectivity index (χ0) is 13.2. The number of benzene rings is 1.